The monoisotopic (exact) mass is 884 g/mol. The number of nitrogens with one attached hydrogen (secondary N) is 1. The van der Waals surface area contributed by atoms with Crippen LogP contribution in [0.3, 0.4) is 0 Å². The van der Waals surface area contributed by atoms with Crippen LogP contribution in [-0.4, -0.2) is 30.6 Å². The van der Waals surface area contributed by atoms with Gasteiger partial charge in [-0.05, 0) is 55.2 Å². The molecule has 0 unspecified atom stereocenters. The number of unbranched alkanes of at least 4 members (excludes halogenated alkanes) is 28. The van der Waals surface area contributed by atoms with Crippen molar-refractivity contribution < 1.29 is 19.5 Å². The molecule has 0 fully saturated rings. The maximum atomic E-state index is 13.1. The fourth-order valence-electron chi connectivity index (χ4n) is 8.54. The number of nitrogens with zero attached hydrogens (tertiary/aromatic N) is 1. The smallest absolute Gasteiger partial charge is 0.224 e. The number of hydrogen-bond acceptors (Lipinski definition) is 6. The maximum absolute atomic E-state index is 13.1. The van der Waals surface area contributed by atoms with Crippen LogP contribution in [0.4, 0.5) is 5.00 Å². The Morgan fingerprint density at radius 2 is 1.05 bits per heavy atom. The quantitative estimate of drug-likeness (QED) is 0.0525. The van der Waals surface area contributed by atoms with Crippen molar-refractivity contribution in [2.24, 2.45) is 0 Å². The first-order valence-electron chi connectivity index (χ1n) is 26.0. The molecule has 0 saturated carbocycles. The van der Waals surface area contributed by atoms with Gasteiger partial charge in [0.15, 0.2) is 11.6 Å². The van der Waals surface area contributed by atoms with Gasteiger partial charge in [0, 0.05) is 41.6 Å². The summed E-state index contributed by atoms with van der Waals surface area (Å²) in [6.07, 6.45) is 51.6. The molecule has 3 rings (SSSR count). The van der Waals surface area contributed by atoms with Crippen LogP contribution in [0.2, 0.25) is 0 Å². The van der Waals surface area contributed by atoms with Crippen LogP contribution in [0, 0.1) is 0 Å². The van der Waals surface area contributed by atoms with Crippen molar-refractivity contribution in [2.75, 3.05) is 18.0 Å². The van der Waals surface area contributed by atoms with Crippen LogP contribution in [0.25, 0.3) is 6.08 Å². The van der Waals surface area contributed by atoms with E-state index in [2.05, 4.69) is 43.1 Å². The minimum absolute atomic E-state index is 0.116. The van der Waals surface area contributed by atoms with Gasteiger partial charge in [-0.15, -0.1) is 11.3 Å². The van der Waals surface area contributed by atoms with Gasteiger partial charge in [-0.2, -0.15) is 0 Å². The predicted molar refractivity (Wildman–Crippen MR) is 269 cm³/mol. The third kappa shape index (κ3) is 23.3. The zero-order valence-corrected chi connectivity index (χ0v) is 41.0. The number of allylic oxidation sites excluding steroid dienone is 8. The molecule has 2 aliphatic rings. The summed E-state index contributed by atoms with van der Waals surface area (Å²) in [5.41, 5.74) is 1.29. The van der Waals surface area contributed by atoms with Gasteiger partial charge in [-0.3, -0.25) is 14.4 Å². The molecule has 0 spiro atoms. The van der Waals surface area contributed by atoms with Gasteiger partial charge >= 0.3 is 0 Å². The fraction of sp³-hybridized carbons (Fsp3) is 0.661. The Morgan fingerprint density at radius 1 is 0.587 bits per heavy atom. The summed E-state index contributed by atoms with van der Waals surface area (Å²) >= 11 is 1.73. The van der Waals surface area contributed by atoms with Crippen LogP contribution in [0.5, 0.6) is 0 Å². The maximum Gasteiger partial charge on any atom is 0.224 e. The number of amides is 1. The lowest BCUT2D eigenvalue weighted by Crippen LogP contribution is -2.29. The van der Waals surface area contributed by atoms with E-state index in [1.807, 2.05) is 6.08 Å². The largest absolute Gasteiger partial charge is 0.871 e. The Kier molecular flexibility index (Phi) is 29.8. The van der Waals surface area contributed by atoms with E-state index in [4.69, 9.17) is 0 Å². The molecule has 2 aliphatic carbocycles. The second-order valence-electron chi connectivity index (χ2n) is 18.3. The standard InChI is InChI=1S/C56H88N2O4S/c1-4-7-10-13-16-19-22-23-26-29-32-35-53(60)57-52-46-48(59)38-36-47(52)37-41-50-55(61)51(56(50)62)42-39-49-40-43-54(63-49)58(44-33-30-27-24-20-17-14-11-8-5-2)45-34-31-28-25-21-18-15-12-9-6-3/h36-43,46,61H,4-35,44-45H2,1-3H3,(H,57,60)/p-1/b42-39+,47-37-,50-41+. The number of ketones is 2. The summed E-state index contributed by atoms with van der Waals surface area (Å²) in [7, 11) is 0. The number of anilines is 1. The fourth-order valence-corrected chi connectivity index (χ4v) is 9.50. The highest BCUT2D eigenvalue weighted by molar-refractivity contribution is 7.16. The van der Waals surface area contributed by atoms with E-state index in [-0.39, 0.29) is 34.4 Å². The van der Waals surface area contributed by atoms with Gasteiger partial charge in [0.05, 0.1) is 10.7 Å². The molecule has 0 aromatic carbocycles. The molecular formula is C56H87N2O4S-. The highest BCUT2D eigenvalue weighted by Gasteiger charge is 2.25. The Morgan fingerprint density at radius 3 is 1.52 bits per heavy atom. The number of Topliss-reactive ketones (excluding diaryl/α,β-unsaturated/α-hetero) is 1. The molecule has 352 valence electrons. The van der Waals surface area contributed by atoms with Crippen molar-refractivity contribution in [3.05, 3.63) is 81.6 Å². The lowest BCUT2D eigenvalue weighted by atomic mass is 9.87. The highest BCUT2D eigenvalue weighted by Crippen LogP contribution is 2.32. The molecule has 1 amide bonds. The Bertz CT molecular complexity index is 1620. The molecule has 7 heteroatoms. The van der Waals surface area contributed by atoms with E-state index in [1.165, 1.54) is 203 Å². The van der Waals surface area contributed by atoms with Gasteiger partial charge in [-0.25, -0.2) is 0 Å². The molecule has 0 bridgehead atoms. The lowest BCUT2D eigenvalue weighted by Gasteiger charge is -2.28. The van der Waals surface area contributed by atoms with E-state index in [9.17, 15) is 19.5 Å². The third-order valence-corrected chi connectivity index (χ3v) is 13.7. The number of hydrogen-bond donors (Lipinski definition) is 1. The van der Waals surface area contributed by atoms with Gasteiger partial charge < -0.3 is 15.3 Å². The van der Waals surface area contributed by atoms with Crippen molar-refractivity contribution >= 4 is 39.9 Å². The molecule has 6 nitrogen and oxygen atoms in total. The Hall–Kier alpha value is -3.45. The van der Waals surface area contributed by atoms with Crippen LogP contribution in [0.1, 0.15) is 231 Å². The van der Waals surface area contributed by atoms with E-state index < -0.39 is 0 Å². The van der Waals surface area contributed by atoms with E-state index >= 15 is 0 Å². The zero-order valence-electron chi connectivity index (χ0n) is 40.2. The molecule has 1 aromatic heterocycles. The van der Waals surface area contributed by atoms with E-state index in [1.54, 1.807) is 29.6 Å². The van der Waals surface area contributed by atoms with Crippen molar-refractivity contribution in [1.29, 1.82) is 0 Å². The predicted octanol–water partition coefficient (Wildman–Crippen LogP) is 15.3. The first kappa shape index (κ1) is 53.9. The average Bonchev–Trinajstić information content (AvgIpc) is 3.75. The van der Waals surface area contributed by atoms with Crippen LogP contribution in [-0.2, 0) is 14.4 Å². The highest BCUT2D eigenvalue weighted by atomic mass is 32.1. The molecule has 63 heavy (non-hydrogen) atoms. The van der Waals surface area contributed by atoms with Crippen LogP contribution in [0.15, 0.2) is 76.8 Å². The molecule has 0 saturated heterocycles. The van der Waals surface area contributed by atoms with E-state index in [0.29, 0.717) is 17.7 Å². The molecular weight excluding hydrogens is 797 g/mol. The minimum Gasteiger partial charge on any atom is -0.871 e. The minimum atomic E-state index is -0.282. The van der Waals surface area contributed by atoms with E-state index in [0.717, 1.165) is 37.2 Å². The number of thiophene rings is 1. The first-order valence-corrected chi connectivity index (χ1v) is 26.8. The summed E-state index contributed by atoms with van der Waals surface area (Å²) in [6.45, 7) is 8.94. The second kappa shape index (κ2) is 34.9. The van der Waals surface area contributed by atoms with Crippen molar-refractivity contribution in [3.8, 4) is 0 Å². The Labute approximate surface area is 388 Å². The lowest BCUT2D eigenvalue weighted by molar-refractivity contribution is -0.300. The van der Waals surface area contributed by atoms with Crippen molar-refractivity contribution in [1.82, 2.24) is 5.32 Å². The van der Waals surface area contributed by atoms with Gasteiger partial charge in [0.2, 0.25) is 5.91 Å². The average molecular weight is 884 g/mol. The topological polar surface area (TPSA) is 89.5 Å². The molecule has 0 aliphatic heterocycles. The summed E-state index contributed by atoms with van der Waals surface area (Å²) < 4.78 is 0. The molecule has 0 atom stereocenters. The van der Waals surface area contributed by atoms with Gasteiger partial charge in [-0.1, -0.05) is 225 Å². The van der Waals surface area contributed by atoms with Crippen molar-refractivity contribution in [3.63, 3.8) is 0 Å². The van der Waals surface area contributed by atoms with Gasteiger partial charge in [0.25, 0.3) is 0 Å². The number of carbonyl (C=O) groups is 3. The number of rotatable bonds is 39. The van der Waals surface area contributed by atoms with Crippen molar-refractivity contribution in [2.45, 2.75) is 226 Å². The zero-order chi connectivity index (χ0) is 45.2. The summed E-state index contributed by atoms with van der Waals surface area (Å²) in [5, 5.41) is 17.3. The normalized spacial score (nSPS) is 15.3. The Balaban J connectivity index is 1.50. The summed E-state index contributed by atoms with van der Waals surface area (Å²) in [6, 6.07) is 4.31. The van der Waals surface area contributed by atoms with Gasteiger partial charge in [0.1, 0.15) is 0 Å². The van der Waals surface area contributed by atoms with Crippen LogP contribution < -0.4 is 15.3 Å². The number of carbonyl (C=O) groups excluding carboxylic acids is 3. The SMILES string of the molecule is CCCCCCCCCCCCCC(=O)NC1=CC(=O)C=C/C1=C/C=C1/C(=O)C(/C=C/c2ccc(N(CCCCCCCCCCCC)CCCCCCCCCCCC)s2)=C1[O-]. The second-order valence-corrected chi connectivity index (χ2v) is 19.4. The molecule has 0 radical (unpaired) electrons. The third-order valence-electron chi connectivity index (χ3n) is 12.6. The van der Waals surface area contributed by atoms with Crippen LogP contribution >= 0.6 is 11.3 Å². The summed E-state index contributed by atoms with van der Waals surface area (Å²) in [4.78, 5) is 41.8. The summed E-state index contributed by atoms with van der Waals surface area (Å²) in [5.74, 6) is -0.905. The first-order chi connectivity index (χ1) is 30.9. The molecule has 1 aromatic rings. The molecule has 1 heterocycles. The molecule has 1 N–H and O–H groups in total.